The normalized spacial score (nSPS) is 12.5. The van der Waals surface area contributed by atoms with Gasteiger partial charge in [-0.15, -0.1) is 0 Å². The smallest absolute Gasteiger partial charge is 0.171 e. The lowest BCUT2D eigenvalue weighted by atomic mass is 10.1. The van der Waals surface area contributed by atoms with Gasteiger partial charge in [0.25, 0.3) is 0 Å². The van der Waals surface area contributed by atoms with Crippen molar-refractivity contribution < 1.29 is 4.84 Å². The number of hydrogen-bond acceptors (Lipinski definition) is 2. The van der Waals surface area contributed by atoms with E-state index in [2.05, 4.69) is 24.2 Å². The van der Waals surface area contributed by atoms with E-state index in [9.17, 15) is 0 Å². The monoisotopic (exact) mass is 361 g/mol. The van der Waals surface area contributed by atoms with E-state index in [1.807, 2.05) is 78.9 Å². The zero-order valence-corrected chi connectivity index (χ0v) is 15.3. The second-order valence-corrected chi connectivity index (χ2v) is 6.43. The van der Waals surface area contributed by atoms with Crippen LogP contribution in [0.1, 0.15) is 28.4 Å². The maximum Gasteiger partial charge on any atom is 0.171 e. The van der Waals surface area contributed by atoms with Gasteiger partial charge in [-0.3, -0.25) is 0 Å². The van der Waals surface area contributed by atoms with E-state index >= 15 is 0 Å². The van der Waals surface area contributed by atoms with Crippen molar-refractivity contribution in [2.75, 3.05) is 0 Å². The van der Waals surface area contributed by atoms with Gasteiger partial charge >= 0.3 is 0 Å². The number of rotatable bonds is 6. The third-order valence-corrected chi connectivity index (χ3v) is 4.17. The molecule has 3 heteroatoms. The minimum Gasteiger partial charge on any atom is -0.383 e. The fourth-order valence-electron chi connectivity index (χ4n) is 2.43. The molecule has 0 aromatic heterocycles. The molecule has 0 saturated carbocycles. The number of nitrogens with zero attached hydrogens (tertiary/aromatic N) is 1. The van der Waals surface area contributed by atoms with Crippen LogP contribution in [0.4, 0.5) is 0 Å². The summed E-state index contributed by atoms with van der Waals surface area (Å²) in [5.74, 6) is 0. The van der Waals surface area contributed by atoms with Crippen molar-refractivity contribution >= 4 is 23.9 Å². The lowest BCUT2D eigenvalue weighted by molar-refractivity contribution is 0.0948. The molecule has 0 aliphatic rings. The Labute approximate surface area is 159 Å². The van der Waals surface area contributed by atoms with Gasteiger partial charge < -0.3 is 4.84 Å². The Morgan fingerprint density at radius 2 is 1.50 bits per heavy atom. The molecule has 0 heterocycles. The van der Waals surface area contributed by atoms with Crippen LogP contribution in [0.2, 0.25) is 5.02 Å². The summed E-state index contributed by atoms with van der Waals surface area (Å²) in [6, 6.07) is 25.8. The van der Waals surface area contributed by atoms with Gasteiger partial charge in [0.2, 0.25) is 0 Å². The third-order valence-electron chi connectivity index (χ3n) is 3.92. The predicted octanol–water partition coefficient (Wildman–Crippen LogP) is 6.45. The lowest BCUT2D eigenvalue weighted by Gasteiger charge is -2.11. The maximum atomic E-state index is 5.94. The fraction of sp³-hybridized carbons (Fsp3) is 0.0870. The molecule has 1 unspecified atom stereocenters. The predicted molar refractivity (Wildman–Crippen MR) is 110 cm³/mol. The van der Waals surface area contributed by atoms with E-state index in [0.29, 0.717) is 0 Å². The summed E-state index contributed by atoms with van der Waals surface area (Å²) in [4.78, 5) is 5.76. The lowest BCUT2D eigenvalue weighted by Crippen LogP contribution is -1.97. The Morgan fingerprint density at radius 1 is 0.846 bits per heavy atom. The molecule has 0 aliphatic heterocycles. The van der Waals surface area contributed by atoms with Crippen molar-refractivity contribution in [3.05, 3.63) is 112 Å². The van der Waals surface area contributed by atoms with Crippen LogP contribution in [-0.2, 0) is 4.84 Å². The summed E-state index contributed by atoms with van der Waals surface area (Å²) in [6.45, 7) is 2.06. The van der Waals surface area contributed by atoms with Gasteiger partial charge in [-0.25, -0.2) is 0 Å². The Morgan fingerprint density at radius 3 is 2.19 bits per heavy atom. The first-order valence-electron chi connectivity index (χ1n) is 8.45. The van der Waals surface area contributed by atoms with Crippen molar-refractivity contribution in [2.45, 2.75) is 13.0 Å². The van der Waals surface area contributed by atoms with Gasteiger partial charge in [0.1, 0.15) is 0 Å². The number of oxime groups is 1. The van der Waals surface area contributed by atoms with Crippen molar-refractivity contribution in [1.82, 2.24) is 0 Å². The molecule has 1 atom stereocenters. The quantitative estimate of drug-likeness (QED) is 0.365. The standard InChI is InChI=1S/C23H20ClNO/c1-18-7-9-20(10-8-18)17-25-26-23(21-5-3-2-4-6-21)16-13-19-11-14-22(24)15-12-19/h2-17,23H,1H3/b16-13+,25-17+. The molecular weight excluding hydrogens is 342 g/mol. The zero-order chi connectivity index (χ0) is 18.2. The molecule has 0 spiro atoms. The summed E-state index contributed by atoms with van der Waals surface area (Å²) in [6.07, 6.45) is 5.46. The number of benzene rings is 3. The second-order valence-electron chi connectivity index (χ2n) is 5.99. The molecule has 0 aliphatic carbocycles. The molecule has 0 amide bonds. The highest BCUT2D eigenvalue weighted by molar-refractivity contribution is 6.30. The van der Waals surface area contributed by atoms with Crippen LogP contribution < -0.4 is 0 Å². The van der Waals surface area contributed by atoms with Crippen LogP contribution >= 0.6 is 11.6 Å². The number of hydrogen-bond donors (Lipinski definition) is 0. The second kappa shape index (κ2) is 9.02. The van der Waals surface area contributed by atoms with E-state index in [-0.39, 0.29) is 6.10 Å². The molecular formula is C23H20ClNO. The van der Waals surface area contributed by atoms with E-state index in [4.69, 9.17) is 16.4 Å². The van der Waals surface area contributed by atoms with Crippen LogP contribution in [0, 0.1) is 6.92 Å². The molecule has 2 nitrogen and oxygen atoms in total. The van der Waals surface area contributed by atoms with Gasteiger partial charge in [0.05, 0.1) is 6.21 Å². The first kappa shape index (κ1) is 18.0. The largest absolute Gasteiger partial charge is 0.383 e. The minimum atomic E-state index is -0.270. The van der Waals surface area contributed by atoms with Crippen LogP contribution in [0.15, 0.2) is 90.1 Å². The zero-order valence-electron chi connectivity index (χ0n) is 14.5. The number of halogens is 1. The summed E-state index contributed by atoms with van der Waals surface area (Å²) in [7, 11) is 0. The van der Waals surface area contributed by atoms with Crippen LogP contribution in [0.5, 0.6) is 0 Å². The fourth-order valence-corrected chi connectivity index (χ4v) is 2.56. The average molecular weight is 362 g/mol. The van der Waals surface area contributed by atoms with Gasteiger partial charge in [-0.1, -0.05) is 95.1 Å². The highest BCUT2D eigenvalue weighted by Crippen LogP contribution is 2.21. The molecule has 3 rings (SSSR count). The molecule has 0 radical (unpaired) electrons. The first-order chi connectivity index (χ1) is 12.7. The highest BCUT2D eigenvalue weighted by atomic mass is 35.5. The Hall–Kier alpha value is -2.84. The Kier molecular flexibility index (Phi) is 6.24. The van der Waals surface area contributed by atoms with E-state index in [0.717, 1.165) is 21.7 Å². The third kappa shape index (κ3) is 5.33. The van der Waals surface area contributed by atoms with Gasteiger partial charge in [0.15, 0.2) is 6.10 Å². The van der Waals surface area contributed by atoms with E-state index in [1.54, 1.807) is 6.21 Å². The molecule has 130 valence electrons. The van der Waals surface area contributed by atoms with Crippen LogP contribution in [0.25, 0.3) is 6.08 Å². The molecule has 3 aromatic carbocycles. The van der Waals surface area contributed by atoms with Gasteiger partial charge in [-0.05, 0) is 41.8 Å². The summed E-state index contributed by atoms with van der Waals surface area (Å²) in [5.41, 5.74) is 4.32. The molecule has 26 heavy (non-hydrogen) atoms. The summed E-state index contributed by atoms with van der Waals surface area (Å²) < 4.78 is 0. The van der Waals surface area contributed by atoms with Crippen molar-refractivity contribution in [3.8, 4) is 0 Å². The molecule has 0 N–H and O–H groups in total. The minimum absolute atomic E-state index is 0.270. The van der Waals surface area contributed by atoms with E-state index in [1.165, 1.54) is 5.56 Å². The Bertz CT molecular complexity index is 868. The van der Waals surface area contributed by atoms with Crippen LogP contribution in [0.3, 0.4) is 0 Å². The SMILES string of the molecule is Cc1ccc(/C=N/OC(/C=C/c2ccc(Cl)cc2)c2ccccc2)cc1. The molecule has 0 fully saturated rings. The van der Waals surface area contributed by atoms with Crippen molar-refractivity contribution in [1.29, 1.82) is 0 Å². The van der Waals surface area contributed by atoms with Crippen LogP contribution in [-0.4, -0.2) is 6.21 Å². The van der Waals surface area contributed by atoms with Crippen molar-refractivity contribution in [3.63, 3.8) is 0 Å². The van der Waals surface area contributed by atoms with Gasteiger partial charge in [0, 0.05) is 5.02 Å². The van der Waals surface area contributed by atoms with E-state index < -0.39 is 0 Å². The number of aryl methyl sites for hydroxylation is 1. The summed E-state index contributed by atoms with van der Waals surface area (Å²) in [5, 5.41) is 4.90. The molecule has 0 saturated heterocycles. The maximum absolute atomic E-state index is 5.94. The van der Waals surface area contributed by atoms with Crippen molar-refractivity contribution in [2.24, 2.45) is 5.16 Å². The summed E-state index contributed by atoms with van der Waals surface area (Å²) >= 11 is 5.94. The average Bonchev–Trinajstić information content (AvgIpc) is 2.68. The first-order valence-corrected chi connectivity index (χ1v) is 8.83. The topological polar surface area (TPSA) is 21.6 Å². The molecule has 0 bridgehead atoms. The highest BCUT2D eigenvalue weighted by Gasteiger charge is 2.08. The molecule has 3 aromatic rings. The Balaban J connectivity index is 1.75. The van der Waals surface area contributed by atoms with Gasteiger partial charge in [-0.2, -0.15) is 0 Å².